The highest BCUT2D eigenvalue weighted by Crippen LogP contribution is 2.23. The lowest BCUT2D eigenvalue weighted by Gasteiger charge is -2.22. The number of esters is 1. The Hall–Kier alpha value is -3.22. The molecule has 0 radical (unpaired) electrons. The SMILES string of the molecule is COC(=O)C(C)NC(=O)c1cc2c(n(-c3ccc(C)cc3)c1=O)CCCC2=O. The lowest BCUT2D eigenvalue weighted by Crippen LogP contribution is -2.42. The minimum Gasteiger partial charge on any atom is -0.467 e. The summed E-state index contributed by atoms with van der Waals surface area (Å²) < 4.78 is 6.03. The van der Waals surface area contributed by atoms with Crippen LogP contribution in [0.3, 0.4) is 0 Å². The molecule has 0 saturated carbocycles. The van der Waals surface area contributed by atoms with Crippen LogP contribution in [0.5, 0.6) is 0 Å². The molecule has 0 spiro atoms. The summed E-state index contributed by atoms with van der Waals surface area (Å²) >= 11 is 0. The molecule has 7 nitrogen and oxygen atoms in total. The van der Waals surface area contributed by atoms with Crippen LogP contribution in [0.4, 0.5) is 0 Å². The van der Waals surface area contributed by atoms with E-state index in [1.807, 2.05) is 19.1 Å². The Morgan fingerprint density at radius 1 is 1.14 bits per heavy atom. The van der Waals surface area contributed by atoms with Crippen LogP contribution >= 0.6 is 0 Å². The number of ketones is 1. The minimum absolute atomic E-state index is 0.0998. The molecule has 3 rings (SSSR count). The number of carbonyl (C=O) groups excluding carboxylic acids is 3. The van der Waals surface area contributed by atoms with E-state index < -0.39 is 23.5 Å². The van der Waals surface area contributed by atoms with E-state index in [2.05, 4.69) is 10.1 Å². The average molecular weight is 382 g/mol. The average Bonchev–Trinajstić information content (AvgIpc) is 2.68. The van der Waals surface area contributed by atoms with Gasteiger partial charge in [0.2, 0.25) is 0 Å². The van der Waals surface area contributed by atoms with Crippen LogP contribution in [-0.4, -0.2) is 35.4 Å². The van der Waals surface area contributed by atoms with E-state index in [0.717, 1.165) is 5.56 Å². The summed E-state index contributed by atoms with van der Waals surface area (Å²) in [5, 5.41) is 2.46. The van der Waals surface area contributed by atoms with Crippen molar-refractivity contribution in [1.82, 2.24) is 9.88 Å². The smallest absolute Gasteiger partial charge is 0.328 e. The predicted molar refractivity (Wildman–Crippen MR) is 103 cm³/mol. The fourth-order valence-corrected chi connectivity index (χ4v) is 3.33. The number of ether oxygens (including phenoxy) is 1. The Bertz CT molecular complexity index is 1000. The third-order valence-electron chi connectivity index (χ3n) is 4.86. The van der Waals surface area contributed by atoms with Gasteiger partial charge >= 0.3 is 5.97 Å². The van der Waals surface area contributed by atoms with Crippen molar-refractivity contribution in [3.8, 4) is 5.69 Å². The summed E-state index contributed by atoms with van der Waals surface area (Å²) in [7, 11) is 1.22. The lowest BCUT2D eigenvalue weighted by molar-refractivity contribution is -0.142. The van der Waals surface area contributed by atoms with Crippen molar-refractivity contribution in [3.05, 3.63) is 63.1 Å². The number of aromatic nitrogens is 1. The number of methoxy groups -OCH3 is 1. The van der Waals surface area contributed by atoms with Gasteiger partial charge in [0.1, 0.15) is 11.6 Å². The number of amides is 1. The maximum atomic E-state index is 13.2. The van der Waals surface area contributed by atoms with Crippen LogP contribution in [0, 0.1) is 6.92 Å². The van der Waals surface area contributed by atoms with Crippen molar-refractivity contribution in [3.63, 3.8) is 0 Å². The first kappa shape index (κ1) is 19.5. The summed E-state index contributed by atoms with van der Waals surface area (Å²) in [6.45, 7) is 3.40. The zero-order valence-electron chi connectivity index (χ0n) is 16.1. The zero-order chi connectivity index (χ0) is 20.4. The van der Waals surface area contributed by atoms with E-state index >= 15 is 0 Å². The van der Waals surface area contributed by atoms with E-state index in [4.69, 9.17) is 0 Å². The third kappa shape index (κ3) is 3.60. The van der Waals surface area contributed by atoms with Gasteiger partial charge in [0.05, 0.1) is 7.11 Å². The van der Waals surface area contributed by atoms with Crippen molar-refractivity contribution in [2.45, 2.75) is 39.2 Å². The first-order valence-corrected chi connectivity index (χ1v) is 9.11. The Labute approximate surface area is 162 Å². The molecule has 0 bridgehead atoms. The molecule has 1 amide bonds. The number of fused-ring (bicyclic) bond motifs is 1. The molecular formula is C21H22N2O5. The fourth-order valence-electron chi connectivity index (χ4n) is 3.33. The molecule has 2 aromatic rings. The summed E-state index contributed by atoms with van der Waals surface area (Å²) in [5.74, 6) is -1.44. The lowest BCUT2D eigenvalue weighted by atomic mass is 9.92. The summed E-state index contributed by atoms with van der Waals surface area (Å²) in [6.07, 6.45) is 1.60. The number of rotatable bonds is 4. The maximum absolute atomic E-state index is 13.2. The van der Waals surface area contributed by atoms with Crippen molar-refractivity contribution in [2.24, 2.45) is 0 Å². The van der Waals surface area contributed by atoms with Gasteiger partial charge in [0.15, 0.2) is 5.78 Å². The highest BCUT2D eigenvalue weighted by atomic mass is 16.5. The molecule has 0 aliphatic heterocycles. The Morgan fingerprint density at radius 2 is 1.82 bits per heavy atom. The normalized spacial score (nSPS) is 14.2. The van der Waals surface area contributed by atoms with Crippen molar-refractivity contribution < 1.29 is 19.1 Å². The first-order valence-electron chi connectivity index (χ1n) is 9.11. The van der Waals surface area contributed by atoms with Crippen LogP contribution in [0.15, 0.2) is 35.1 Å². The molecule has 1 aromatic heterocycles. The molecule has 28 heavy (non-hydrogen) atoms. The van der Waals surface area contributed by atoms with E-state index in [1.54, 1.807) is 12.1 Å². The molecule has 0 fully saturated rings. The van der Waals surface area contributed by atoms with Crippen molar-refractivity contribution in [1.29, 1.82) is 0 Å². The quantitative estimate of drug-likeness (QED) is 0.816. The van der Waals surface area contributed by atoms with E-state index in [9.17, 15) is 19.2 Å². The third-order valence-corrected chi connectivity index (χ3v) is 4.86. The number of Topliss-reactive ketones (excluding diaryl/α,β-unsaturated/α-hetero) is 1. The van der Waals surface area contributed by atoms with Gasteiger partial charge in [-0.1, -0.05) is 17.7 Å². The van der Waals surface area contributed by atoms with Gasteiger partial charge in [0.25, 0.3) is 11.5 Å². The molecule has 1 aromatic carbocycles. The van der Waals surface area contributed by atoms with Crippen LogP contribution in [0.1, 0.15) is 51.7 Å². The monoisotopic (exact) mass is 382 g/mol. The van der Waals surface area contributed by atoms with Crippen LogP contribution < -0.4 is 10.9 Å². The molecule has 0 saturated heterocycles. The van der Waals surface area contributed by atoms with E-state index in [1.165, 1.54) is 24.7 Å². The molecule has 146 valence electrons. The summed E-state index contributed by atoms with van der Waals surface area (Å²) in [5.41, 5.74) is 1.92. The molecule has 1 aliphatic carbocycles. The molecule has 1 atom stereocenters. The van der Waals surface area contributed by atoms with Gasteiger partial charge in [-0.15, -0.1) is 0 Å². The van der Waals surface area contributed by atoms with E-state index in [-0.39, 0.29) is 11.3 Å². The number of pyridine rings is 1. The molecular weight excluding hydrogens is 360 g/mol. The second-order valence-electron chi connectivity index (χ2n) is 6.89. The Balaban J connectivity index is 2.15. The highest BCUT2D eigenvalue weighted by molar-refractivity contribution is 6.02. The van der Waals surface area contributed by atoms with Gasteiger partial charge in [0, 0.05) is 23.4 Å². The van der Waals surface area contributed by atoms with Gasteiger partial charge < -0.3 is 10.1 Å². The number of nitrogens with one attached hydrogen (secondary N) is 1. The first-order chi connectivity index (χ1) is 13.3. The molecule has 1 unspecified atom stereocenters. The Kier molecular flexibility index (Phi) is 5.44. The van der Waals surface area contributed by atoms with Gasteiger partial charge in [-0.3, -0.25) is 19.0 Å². The number of carbonyl (C=O) groups is 3. The summed E-state index contributed by atoms with van der Waals surface area (Å²) in [6, 6.07) is 7.74. The van der Waals surface area contributed by atoms with Gasteiger partial charge in [-0.25, -0.2) is 4.79 Å². The van der Waals surface area contributed by atoms with Crippen molar-refractivity contribution >= 4 is 17.7 Å². The van der Waals surface area contributed by atoms with Crippen molar-refractivity contribution in [2.75, 3.05) is 7.11 Å². The van der Waals surface area contributed by atoms with Crippen LogP contribution in [-0.2, 0) is 16.0 Å². The predicted octanol–water partition coefficient (Wildman–Crippen LogP) is 1.96. The largest absolute Gasteiger partial charge is 0.467 e. The number of hydrogen-bond acceptors (Lipinski definition) is 5. The standard InChI is InChI=1S/C21H22N2O5/c1-12-7-9-14(10-8-12)23-17-5-4-6-18(24)15(17)11-16(20(23)26)19(25)22-13(2)21(27)28-3/h7-11,13H,4-6H2,1-3H3,(H,22,25). The number of hydrogen-bond donors (Lipinski definition) is 1. The van der Waals surface area contributed by atoms with Crippen LogP contribution in [0.25, 0.3) is 5.69 Å². The molecule has 1 N–H and O–H groups in total. The minimum atomic E-state index is -0.920. The fraction of sp³-hybridized carbons (Fsp3) is 0.333. The molecule has 1 heterocycles. The van der Waals surface area contributed by atoms with Crippen LogP contribution in [0.2, 0.25) is 0 Å². The number of nitrogens with zero attached hydrogens (tertiary/aromatic N) is 1. The topological polar surface area (TPSA) is 94.5 Å². The molecule has 7 heteroatoms. The number of aryl methyl sites for hydroxylation is 1. The second-order valence-corrected chi connectivity index (χ2v) is 6.89. The molecule has 1 aliphatic rings. The zero-order valence-corrected chi connectivity index (χ0v) is 16.1. The Morgan fingerprint density at radius 3 is 2.46 bits per heavy atom. The maximum Gasteiger partial charge on any atom is 0.328 e. The number of benzene rings is 1. The van der Waals surface area contributed by atoms with Gasteiger partial charge in [-0.2, -0.15) is 0 Å². The second kappa shape index (κ2) is 7.80. The highest BCUT2D eigenvalue weighted by Gasteiger charge is 2.27. The summed E-state index contributed by atoms with van der Waals surface area (Å²) in [4.78, 5) is 49.9. The van der Waals surface area contributed by atoms with E-state index in [0.29, 0.717) is 36.2 Å². The van der Waals surface area contributed by atoms with Gasteiger partial charge in [-0.05, 0) is 44.9 Å².